The SMILES string of the molecule is CC(C)Cn1c(NC(=O)c2ccc(-c3ccnc(N)n3)s2)nc2c(Cl)cccc21. The van der Waals surface area contributed by atoms with Crippen LogP contribution in [0, 0.1) is 5.92 Å². The Hall–Kier alpha value is -2.97. The van der Waals surface area contributed by atoms with E-state index in [2.05, 4.69) is 34.1 Å². The van der Waals surface area contributed by atoms with E-state index in [-0.39, 0.29) is 11.9 Å². The lowest BCUT2D eigenvalue weighted by molar-refractivity contribution is 0.102. The number of rotatable bonds is 5. The maximum absolute atomic E-state index is 12.9. The van der Waals surface area contributed by atoms with Crippen LogP contribution in [0.2, 0.25) is 5.02 Å². The molecule has 0 radical (unpaired) electrons. The standard InChI is InChI=1S/C20H19ClN6OS/c1-11(2)10-27-14-5-3-4-12(21)17(14)25-20(27)26-18(28)16-7-6-15(29-16)13-8-9-23-19(22)24-13/h3-9,11H,10H2,1-2H3,(H2,22,23,24)(H,25,26,28). The fraction of sp³-hybridized carbons (Fsp3) is 0.200. The van der Waals surface area contributed by atoms with Crippen LogP contribution in [0.3, 0.4) is 0 Å². The Morgan fingerprint density at radius 3 is 2.83 bits per heavy atom. The van der Waals surface area contributed by atoms with E-state index < -0.39 is 0 Å². The van der Waals surface area contributed by atoms with Crippen LogP contribution in [0.15, 0.2) is 42.6 Å². The van der Waals surface area contributed by atoms with Gasteiger partial charge in [-0.25, -0.2) is 15.0 Å². The van der Waals surface area contributed by atoms with Gasteiger partial charge in [-0.1, -0.05) is 31.5 Å². The predicted octanol–water partition coefficient (Wildman–Crippen LogP) is 4.70. The van der Waals surface area contributed by atoms with E-state index in [4.69, 9.17) is 17.3 Å². The van der Waals surface area contributed by atoms with Crippen LogP contribution in [-0.2, 0) is 6.54 Å². The van der Waals surface area contributed by atoms with Crippen molar-refractivity contribution in [2.75, 3.05) is 11.1 Å². The average molecular weight is 427 g/mol. The van der Waals surface area contributed by atoms with Crippen LogP contribution in [0.4, 0.5) is 11.9 Å². The number of hydrogen-bond acceptors (Lipinski definition) is 6. The van der Waals surface area contributed by atoms with Crippen LogP contribution in [0.5, 0.6) is 0 Å². The molecule has 1 aromatic carbocycles. The summed E-state index contributed by atoms with van der Waals surface area (Å²) < 4.78 is 1.99. The Kier molecular flexibility index (Phi) is 5.21. The summed E-state index contributed by atoms with van der Waals surface area (Å²) >= 11 is 7.64. The number of fused-ring (bicyclic) bond motifs is 1. The summed E-state index contributed by atoms with van der Waals surface area (Å²) in [5, 5.41) is 3.49. The third-order valence-electron chi connectivity index (χ3n) is 4.26. The topological polar surface area (TPSA) is 98.7 Å². The number of carbonyl (C=O) groups is 1. The summed E-state index contributed by atoms with van der Waals surface area (Å²) in [6.07, 6.45) is 1.59. The van der Waals surface area contributed by atoms with Gasteiger partial charge < -0.3 is 10.3 Å². The van der Waals surface area contributed by atoms with E-state index in [0.29, 0.717) is 39.5 Å². The third-order valence-corrected chi connectivity index (χ3v) is 5.67. The summed E-state index contributed by atoms with van der Waals surface area (Å²) in [5.41, 5.74) is 7.90. The van der Waals surface area contributed by atoms with E-state index in [9.17, 15) is 4.79 Å². The Labute approximate surface area is 176 Å². The van der Waals surface area contributed by atoms with Crippen molar-refractivity contribution in [1.82, 2.24) is 19.5 Å². The van der Waals surface area contributed by atoms with Gasteiger partial charge in [0.1, 0.15) is 5.52 Å². The molecular weight excluding hydrogens is 408 g/mol. The number of nitrogens with one attached hydrogen (secondary N) is 1. The van der Waals surface area contributed by atoms with Crippen molar-refractivity contribution in [3.63, 3.8) is 0 Å². The first-order valence-corrected chi connectivity index (χ1v) is 10.3. The molecule has 0 saturated heterocycles. The number of amides is 1. The number of thiophene rings is 1. The highest BCUT2D eigenvalue weighted by atomic mass is 35.5. The normalized spacial score (nSPS) is 11.3. The zero-order valence-corrected chi connectivity index (χ0v) is 17.5. The minimum absolute atomic E-state index is 0.196. The summed E-state index contributed by atoms with van der Waals surface area (Å²) in [6, 6.07) is 11.0. The molecule has 0 fully saturated rings. The van der Waals surface area contributed by atoms with Crippen LogP contribution < -0.4 is 11.1 Å². The molecule has 3 aromatic heterocycles. The molecule has 7 nitrogen and oxygen atoms in total. The van der Waals surface area contributed by atoms with Gasteiger partial charge in [0.05, 0.1) is 26.0 Å². The van der Waals surface area contributed by atoms with Crippen molar-refractivity contribution in [2.24, 2.45) is 5.92 Å². The minimum Gasteiger partial charge on any atom is -0.368 e. The molecule has 0 saturated carbocycles. The summed E-state index contributed by atoms with van der Waals surface area (Å²) in [4.78, 5) is 26.9. The molecule has 3 heterocycles. The summed E-state index contributed by atoms with van der Waals surface area (Å²) in [5.74, 6) is 0.813. The molecule has 3 N–H and O–H groups in total. The van der Waals surface area contributed by atoms with Gasteiger partial charge in [-0.05, 0) is 36.2 Å². The first kappa shape index (κ1) is 19.4. The van der Waals surface area contributed by atoms with Gasteiger partial charge >= 0.3 is 0 Å². The van der Waals surface area contributed by atoms with Gasteiger partial charge in [0.25, 0.3) is 5.91 Å². The fourth-order valence-electron chi connectivity index (χ4n) is 3.03. The number of hydrogen-bond donors (Lipinski definition) is 2. The molecule has 4 rings (SSSR count). The molecule has 0 bridgehead atoms. The number of nitrogens with two attached hydrogens (primary N) is 1. The molecule has 1 amide bonds. The van der Waals surface area contributed by atoms with E-state index in [1.807, 2.05) is 22.8 Å². The van der Waals surface area contributed by atoms with Crippen molar-refractivity contribution in [2.45, 2.75) is 20.4 Å². The monoisotopic (exact) mass is 426 g/mol. The summed E-state index contributed by atoms with van der Waals surface area (Å²) in [6.45, 7) is 4.93. The number of para-hydroxylation sites is 1. The quantitative estimate of drug-likeness (QED) is 0.482. The highest BCUT2D eigenvalue weighted by Gasteiger charge is 2.18. The molecular formula is C20H19ClN6OS. The van der Waals surface area contributed by atoms with Gasteiger partial charge in [-0.2, -0.15) is 0 Å². The number of nitrogen functional groups attached to an aromatic ring is 1. The maximum Gasteiger partial charge on any atom is 0.268 e. The van der Waals surface area contributed by atoms with Gasteiger partial charge in [-0.15, -0.1) is 11.3 Å². The Balaban J connectivity index is 1.65. The Morgan fingerprint density at radius 2 is 2.07 bits per heavy atom. The van der Waals surface area contributed by atoms with Crippen molar-refractivity contribution in [3.8, 4) is 10.6 Å². The largest absolute Gasteiger partial charge is 0.368 e. The Bertz CT molecular complexity index is 1200. The number of carbonyl (C=O) groups excluding carboxylic acids is 1. The van der Waals surface area contributed by atoms with Gasteiger partial charge in [0, 0.05) is 12.7 Å². The second kappa shape index (κ2) is 7.81. The van der Waals surface area contributed by atoms with E-state index >= 15 is 0 Å². The van der Waals surface area contributed by atoms with Crippen LogP contribution in [0.1, 0.15) is 23.5 Å². The van der Waals surface area contributed by atoms with E-state index in [1.165, 1.54) is 11.3 Å². The molecule has 0 unspecified atom stereocenters. The molecule has 0 aliphatic heterocycles. The van der Waals surface area contributed by atoms with Crippen molar-refractivity contribution in [1.29, 1.82) is 0 Å². The predicted molar refractivity (Wildman–Crippen MR) is 117 cm³/mol. The lowest BCUT2D eigenvalue weighted by Gasteiger charge is -2.12. The van der Waals surface area contributed by atoms with Crippen LogP contribution in [-0.4, -0.2) is 25.4 Å². The highest BCUT2D eigenvalue weighted by Crippen LogP contribution is 2.29. The lowest BCUT2D eigenvalue weighted by Crippen LogP contribution is -2.16. The fourth-order valence-corrected chi connectivity index (χ4v) is 4.11. The molecule has 0 atom stereocenters. The van der Waals surface area contributed by atoms with E-state index in [1.54, 1.807) is 24.4 Å². The van der Waals surface area contributed by atoms with E-state index in [0.717, 1.165) is 10.4 Å². The number of halogens is 1. The number of nitrogens with zero attached hydrogens (tertiary/aromatic N) is 4. The van der Waals surface area contributed by atoms with Crippen molar-refractivity contribution >= 4 is 51.8 Å². The number of aromatic nitrogens is 4. The number of anilines is 2. The first-order valence-electron chi connectivity index (χ1n) is 9.07. The molecule has 4 aromatic rings. The third kappa shape index (κ3) is 3.94. The van der Waals surface area contributed by atoms with Gasteiger partial charge in [0.15, 0.2) is 0 Å². The molecule has 148 valence electrons. The lowest BCUT2D eigenvalue weighted by atomic mass is 10.2. The van der Waals surface area contributed by atoms with Gasteiger partial charge in [0.2, 0.25) is 11.9 Å². The Morgan fingerprint density at radius 1 is 1.24 bits per heavy atom. The van der Waals surface area contributed by atoms with Crippen molar-refractivity contribution < 1.29 is 4.79 Å². The average Bonchev–Trinajstić information content (AvgIpc) is 3.29. The molecule has 9 heteroatoms. The molecule has 29 heavy (non-hydrogen) atoms. The maximum atomic E-state index is 12.9. The minimum atomic E-state index is -0.236. The molecule has 0 spiro atoms. The second-order valence-electron chi connectivity index (χ2n) is 6.97. The van der Waals surface area contributed by atoms with Crippen LogP contribution >= 0.6 is 22.9 Å². The van der Waals surface area contributed by atoms with Gasteiger partial charge in [-0.3, -0.25) is 10.1 Å². The highest BCUT2D eigenvalue weighted by molar-refractivity contribution is 7.17. The zero-order valence-electron chi connectivity index (χ0n) is 15.9. The van der Waals surface area contributed by atoms with Crippen LogP contribution in [0.25, 0.3) is 21.6 Å². The smallest absolute Gasteiger partial charge is 0.268 e. The second-order valence-corrected chi connectivity index (χ2v) is 8.46. The first-order chi connectivity index (χ1) is 13.9. The zero-order chi connectivity index (χ0) is 20.5. The molecule has 0 aliphatic rings. The summed E-state index contributed by atoms with van der Waals surface area (Å²) in [7, 11) is 0. The number of benzene rings is 1. The van der Waals surface area contributed by atoms with Crippen molar-refractivity contribution in [3.05, 3.63) is 52.5 Å². The number of imidazole rings is 1. The molecule has 0 aliphatic carbocycles.